The summed E-state index contributed by atoms with van der Waals surface area (Å²) in [5.41, 5.74) is 3.70. The smallest absolute Gasteiger partial charge is 0.408 e. The van der Waals surface area contributed by atoms with Gasteiger partial charge in [0.05, 0.1) is 0 Å². The van der Waals surface area contributed by atoms with Gasteiger partial charge in [0.15, 0.2) is 0 Å². The van der Waals surface area contributed by atoms with Crippen LogP contribution in [0.2, 0.25) is 0 Å². The molecular formula is C25H28N2O5. The van der Waals surface area contributed by atoms with Gasteiger partial charge in [-0.3, -0.25) is 9.59 Å². The van der Waals surface area contributed by atoms with Gasteiger partial charge in [-0.2, -0.15) is 0 Å². The van der Waals surface area contributed by atoms with Gasteiger partial charge in [-0.25, -0.2) is 4.79 Å². The number of alkyl carbamates (subject to hydrolysis) is 1. The van der Waals surface area contributed by atoms with E-state index in [1.54, 1.807) is 11.9 Å². The van der Waals surface area contributed by atoms with Crippen LogP contribution in [-0.2, 0) is 14.3 Å². The Morgan fingerprint density at radius 1 is 1.03 bits per heavy atom. The van der Waals surface area contributed by atoms with Crippen molar-refractivity contribution in [1.29, 1.82) is 0 Å². The Morgan fingerprint density at radius 2 is 1.62 bits per heavy atom. The number of hydrogen-bond acceptors (Lipinski definition) is 4. The van der Waals surface area contributed by atoms with E-state index in [9.17, 15) is 14.4 Å². The van der Waals surface area contributed by atoms with Crippen LogP contribution >= 0.6 is 0 Å². The molecule has 0 atom stereocenters. The number of rotatable bonds is 9. The molecule has 0 unspecified atom stereocenters. The third kappa shape index (κ3) is 4.47. The number of nitrogens with one attached hydrogen (secondary N) is 1. The summed E-state index contributed by atoms with van der Waals surface area (Å²) < 4.78 is 5.58. The fourth-order valence-corrected chi connectivity index (χ4v) is 4.44. The number of carbonyl (C=O) groups is 3. The van der Waals surface area contributed by atoms with E-state index in [4.69, 9.17) is 9.84 Å². The number of aliphatic carboxylic acids is 1. The van der Waals surface area contributed by atoms with Crippen molar-refractivity contribution in [2.45, 2.75) is 43.6 Å². The van der Waals surface area contributed by atoms with E-state index in [1.807, 2.05) is 24.3 Å². The van der Waals surface area contributed by atoms with Gasteiger partial charge in [0.2, 0.25) is 5.91 Å². The molecule has 4 rings (SSSR count). The molecule has 7 heteroatoms. The van der Waals surface area contributed by atoms with E-state index in [0.717, 1.165) is 22.3 Å². The average Bonchev–Trinajstić information content (AvgIpc) is 3.49. The molecule has 0 bridgehead atoms. The Bertz CT molecular complexity index is 985. The Hall–Kier alpha value is -3.35. The highest BCUT2D eigenvalue weighted by atomic mass is 16.5. The van der Waals surface area contributed by atoms with Crippen LogP contribution < -0.4 is 5.32 Å². The minimum absolute atomic E-state index is 0.0316. The molecule has 0 heterocycles. The van der Waals surface area contributed by atoms with Crippen LogP contribution in [0.5, 0.6) is 0 Å². The van der Waals surface area contributed by atoms with E-state index < -0.39 is 17.6 Å². The van der Waals surface area contributed by atoms with Crippen LogP contribution in [0.4, 0.5) is 4.79 Å². The quantitative estimate of drug-likeness (QED) is 0.584. The first kappa shape index (κ1) is 21.9. The van der Waals surface area contributed by atoms with Gasteiger partial charge in [0, 0.05) is 25.9 Å². The summed E-state index contributed by atoms with van der Waals surface area (Å²) in [7, 11) is 1.68. The molecule has 0 aliphatic heterocycles. The SMILES string of the molecule is CN(CCCCC(=O)O)C(=O)C1(NC(=O)OCC2c3ccccc3-c3ccccc32)CC1. The molecule has 0 radical (unpaired) electrons. The van der Waals surface area contributed by atoms with Gasteiger partial charge >= 0.3 is 12.1 Å². The number of hydrogen-bond donors (Lipinski definition) is 2. The third-order valence-corrected chi connectivity index (χ3v) is 6.33. The lowest BCUT2D eigenvalue weighted by molar-refractivity contribution is -0.137. The highest BCUT2D eigenvalue weighted by Crippen LogP contribution is 2.44. The van der Waals surface area contributed by atoms with Crippen LogP contribution in [0, 0.1) is 0 Å². The van der Waals surface area contributed by atoms with Crippen LogP contribution in [0.1, 0.15) is 49.1 Å². The second-order valence-electron chi connectivity index (χ2n) is 8.61. The zero-order valence-corrected chi connectivity index (χ0v) is 18.2. The normalized spacial score (nSPS) is 15.4. The minimum atomic E-state index is -0.899. The highest BCUT2D eigenvalue weighted by Gasteiger charge is 2.53. The molecule has 1 saturated carbocycles. The van der Waals surface area contributed by atoms with Crippen molar-refractivity contribution < 1.29 is 24.2 Å². The molecule has 2 aromatic rings. The molecule has 0 aromatic heterocycles. The molecule has 2 aliphatic rings. The average molecular weight is 437 g/mol. The number of likely N-dealkylation sites (N-methyl/N-ethyl adjacent to an activating group) is 1. The van der Waals surface area contributed by atoms with Crippen LogP contribution in [0.25, 0.3) is 11.1 Å². The standard InChI is InChI=1S/C25H28N2O5/c1-27(15-7-6-12-22(28)29)23(30)25(13-14-25)26-24(31)32-16-21-19-10-4-2-8-17(19)18-9-3-5-11-20(18)21/h2-5,8-11,21H,6-7,12-16H2,1H3,(H,26,31)(H,28,29). The second kappa shape index (κ2) is 9.02. The number of unbranched alkanes of at least 4 members (excludes halogenated alkanes) is 1. The van der Waals surface area contributed by atoms with Crippen molar-refractivity contribution in [2.75, 3.05) is 20.2 Å². The number of carbonyl (C=O) groups excluding carboxylic acids is 2. The molecular weight excluding hydrogens is 408 g/mol. The van der Waals surface area contributed by atoms with Crippen molar-refractivity contribution in [2.24, 2.45) is 0 Å². The van der Waals surface area contributed by atoms with E-state index >= 15 is 0 Å². The Morgan fingerprint density at radius 3 is 2.19 bits per heavy atom. The van der Waals surface area contributed by atoms with Crippen molar-refractivity contribution in [3.05, 3.63) is 59.7 Å². The van der Waals surface area contributed by atoms with E-state index in [0.29, 0.717) is 32.2 Å². The molecule has 2 amide bonds. The molecule has 168 valence electrons. The lowest BCUT2D eigenvalue weighted by Gasteiger charge is -2.24. The highest BCUT2D eigenvalue weighted by molar-refractivity contribution is 5.92. The lowest BCUT2D eigenvalue weighted by atomic mass is 9.98. The fourth-order valence-electron chi connectivity index (χ4n) is 4.44. The van der Waals surface area contributed by atoms with E-state index in [1.165, 1.54) is 0 Å². The molecule has 0 saturated heterocycles. The maximum Gasteiger partial charge on any atom is 0.408 e. The first-order valence-corrected chi connectivity index (χ1v) is 11.0. The number of carboxylic acids is 1. The summed E-state index contributed by atoms with van der Waals surface area (Å²) in [5.74, 6) is -1.02. The van der Waals surface area contributed by atoms with Gasteiger partial charge in [-0.05, 0) is 47.9 Å². The topological polar surface area (TPSA) is 95.9 Å². The number of carboxylic acid groups (broad SMARTS) is 1. The van der Waals surface area contributed by atoms with Crippen molar-refractivity contribution in [3.8, 4) is 11.1 Å². The number of nitrogens with zero attached hydrogens (tertiary/aromatic N) is 1. The van der Waals surface area contributed by atoms with Crippen molar-refractivity contribution in [3.63, 3.8) is 0 Å². The molecule has 0 spiro atoms. The largest absolute Gasteiger partial charge is 0.481 e. The molecule has 1 fully saturated rings. The number of fused-ring (bicyclic) bond motifs is 3. The summed E-state index contributed by atoms with van der Waals surface area (Å²) in [4.78, 5) is 37.6. The molecule has 7 nitrogen and oxygen atoms in total. The number of ether oxygens (including phenoxy) is 1. The minimum Gasteiger partial charge on any atom is -0.481 e. The maximum atomic E-state index is 12.8. The van der Waals surface area contributed by atoms with Crippen LogP contribution in [0.3, 0.4) is 0 Å². The number of benzene rings is 2. The predicted molar refractivity (Wildman–Crippen MR) is 119 cm³/mol. The summed E-state index contributed by atoms with van der Waals surface area (Å²) in [5, 5.41) is 11.5. The molecule has 2 aromatic carbocycles. The molecule has 2 N–H and O–H groups in total. The fraction of sp³-hybridized carbons (Fsp3) is 0.400. The summed E-state index contributed by atoms with van der Waals surface area (Å²) in [6, 6.07) is 16.3. The zero-order valence-electron chi connectivity index (χ0n) is 18.2. The summed E-state index contributed by atoms with van der Waals surface area (Å²) >= 11 is 0. The van der Waals surface area contributed by atoms with E-state index in [-0.39, 0.29) is 24.9 Å². The Balaban J connectivity index is 1.32. The van der Waals surface area contributed by atoms with Gasteiger partial charge in [0.25, 0.3) is 0 Å². The number of amides is 2. The van der Waals surface area contributed by atoms with Gasteiger partial charge in [0.1, 0.15) is 12.1 Å². The Labute approximate surface area is 187 Å². The third-order valence-electron chi connectivity index (χ3n) is 6.33. The molecule has 2 aliphatic carbocycles. The lowest BCUT2D eigenvalue weighted by Crippen LogP contribution is -2.50. The second-order valence-corrected chi connectivity index (χ2v) is 8.61. The first-order valence-electron chi connectivity index (χ1n) is 11.0. The zero-order chi connectivity index (χ0) is 22.7. The van der Waals surface area contributed by atoms with Crippen LogP contribution in [-0.4, -0.2) is 53.7 Å². The van der Waals surface area contributed by atoms with Crippen molar-refractivity contribution in [1.82, 2.24) is 10.2 Å². The molecule has 32 heavy (non-hydrogen) atoms. The first-order chi connectivity index (χ1) is 15.4. The Kier molecular flexibility index (Phi) is 6.17. The van der Waals surface area contributed by atoms with Gasteiger partial charge in [-0.1, -0.05) is 48.5 Å². The monoisotopic (exact) mass is 436 g/mol. The van der Waals surface area contributed by atoms with Crippen LogP contribution in [0.15, 0.2) is 48.5 Å². The van der Waals surface area contributed by atoms with E-state index in [2.05, 4.69) is 29.6 Å². The summed E-state index contributed by atoms with van der Waals surface area (Å²) in [6.45, 7) is 0.662. The summed E-state index contributed by atoms with van der Waals surface area (Å²) in [6.07, 6.45) is 1.78. The maximum absolute atomic E-state index is 12.8. The van der Waals surface area contributed by atoms with Crippen molar-refractivity contribution >= 4 is 18.0 Å². The van der Waals surface area contributed by atoms with Gasteiger partial charge < -0.3 is 20.1 Å². The van der Waals surface area contributed by atoms with Gasteiger partial charge in [-0.15, -0.1) is 0 Å². The predicted octanol–water partition coefficient (Wildman–Crippen LogP) is 3.77.